The summed E-state index contributed by atoms with van der Waals surface area (Å²) < 4.78 is 28.1. The molecule has 9 nitrogen and oxygen atoms in total. The summed E-state index contributed by atoms with van der Waals surface area (Å²) in [6.45, 7) is -0.0283. The number of nitrogens with one attached hydrogen (secondary N) is 2. The summed E-state index contributed by atoms with van der Waals surface area (Å²) in [5, 5.41) is 14.0. The van der Waals surface area contributed by atoms with E-state index in [0.29, 0.717) is 10.7 Å². The lowest BCUT2D eigenvalue weighted by molar-refractivity contribution is -0.116. The quantitative estimate of drug-likeness (QED) is 0.615. The summed E-state index contributed by atoms with van der Waals surface area (Å²) in [5.41, 5.74) is 1.33. The summed E-state index contributed by atoms with van der Waals surface area (Å²) in [6, 6.07) is 12.7. The minimum Gasteiger partial charge on any atom is -0.326 e. The third-order valence-corrected chi connectivity index (χ3v) is 5.26. The lowest BCUT2D eigenvalue weighted by atomic mass is 10.2. The first-order valence-corrected chi connectivity index (χ1v) is 9.69. The number of aromatic nitrogens is 4. The van der Waals surface area contributed by atoms with E-state index in [1.807, 2.05) is 0 Å². The molecule has 140 valence electrons. The Labute approximate surface area is 160 Å². The number of tetrazole rings is 1. The second-order valence-corrected chi connectivity index (χ2v) is 7.65. The topological polar surface area (TPSA) is 119 Å². The molecule has 0 aliphatic heterocycles. The number of rotatable bonds is 7. The zero-order valence-electron chi connectivity index (χ0n) is 13.9. The van der Waals surface area contributed by atoms with Crippen LogP contribution in [0.4, 0.5) is 5.69 Å². The van der Waals surface area contributed by atoms with Crippen LogP contribution in [-0.4, -0.2) is 41.1 Å². The van der Waals surface area contributed by atoms with Gasteiger partial charge in [0.1, 0.15) is 6.33 Å². The zero-order chi connectivity index (χ0) is 19.3. The van der Waals surface area contributed by atoms with Crippen molar-refractivity contribution >= 4 is 33.2 Å². The van der Waals surface area contributed by atoms with Gasteiger partial charge < -0.3 is 5.32 Å². The molecule has 3 rings (SSSR count). The highest BCUT2D eigenvalue weighted by Crippen LogP contribution is 2.14. The lowest BCUT2D eigenvalue weighted by Crippen LogP contribution is -2.27. The van der Waals surface area contributed by atoms with E-state index in [1.54, 1.807) is 24.3 Å². The Morgan fingerprint density at radius 1 is 1.07 bits per heavy atom. The van der Waals surface area contributed by atoms with E-state index in [4.69, 9.17) is 11.6 Å². The fourth-order valence-corrected chi connectivity index (χ4v) is 3.35. The van der Waals surface area contributed by atoms with Crippen molar-refractivity contribution in [1.29, 1.82) is 0 Å². The largest absolute Gasteiger partial charge is 0.326 e. The first kappa shape index (κ1) is 19.0. The van der Waals surface area contributed by atoms with Gasteiger partial charge in [-0.25, -0.2) is 17.8 Å². The maximum atomic E-state index is 12.1. The summed E-state index contributed by atoms with van der Waals surface area (Å²) in [5.74, 6) is -0.316. The predicted octanol–water partition coefficient (Wildman–Crippen LogP) is 1.62. The SMILES string of the molecule is O=C(CCNS(=O)(=O)c1ccc(Cl)cc1)Nc1ccc(-n2cnnn2)cc1. The van der Waals surface area contributed by atoms with Crippen molar-refractivity contribution < 1.29 is 13.2 Å². The van der Waals surface area contributed by atoms with E-state index in [0.717, 1.165) is 5.69 Å². The van der Waals surface area contributed by atoms with Gasteiger partial charge in [-0.05, 0) is 59.0 Å². The summed E-state index contributed by atoms with van der Waals surface area (Å²) in [7, 11) is -3.69. The summed E-state index contributed by atoms with van der Waals surface area (Å²) in [6.07, 6.45) is 1.45. The molecule has 2 N–H and O–H groups in total. The van der Waals surface area contributed by atoms with Crippen molar-refractivity contribution in [2.24, 2.45) is 0 Å². The summed E-state index contributed by atoms with van der Waals surface area (Å²) in [4.78, 5) is 12.1. The van der Waals surface area contributed by atoms with Crippen LogP contribution in [0.25, 0.3) is 5.69 Å². The fourth-order valence-electron chi connectivity index (χ4n) is 2.20. The molecule has 1 amide bonds. The molecule has 27 heavy (non-hydrogen) atoms. The third kappa shape index (κ3) is 5.09. The van der Waals surface area contributed by atoms with Crippen LogP contribution in [0.2, 0.25) is 5.02 Å². The molecule has 0 bridgehead atoms. The van der Waals surface area contributed by atoms with Crippen LogP contribution in [0.3, 0.4) is 0 Å². The van der Waals surface area contributed by atoms with Crippen LogP contribution >= 0.6 is 11.6 Å². The minimum atomic E-state index is -3.69. The average molecular weight is 407 g/mol. The molecular formula is C16H15ClN6O3S. The van der Waals surface area contributed by atoms with Crippen molar-refractivity contribution in [3.05, 3.63) is 59.9 Å². The number of hydrogen-bond acceptors (Lipinski definition) is 6. The van der Waals surface area contributed by atoms with Gasteiger partial charge in [-0.3, -0.25) is 4.79 Å². The van der Waals surface area contributed by atoms with Gasteiger partial charge in [0, 0.05) is 23.7 Å². The second-order valence-electron chi connectivity index (χ2n) is 5.45. The van der Waals surface area contributed by atoms with E-state index in [-0.39, 0.29) is 23.8 Å². The van der Waals surface area contributed by atoms with E-state index in [2.05, 4.69) is 25.6 Å². The number of carbonyl (C=O) groups is 1. The number of amides is 1. The molecular weight excluding hydrogens is 392 g/mol. The van der Waals surface area contributed by atoms with Crippen LogP contribution in [0, 0.1) is 0 Å². The first-order chi connectivity index (χ1) is 12.9. The molecule has 0 aliphatic rings. The highest BCUT2D eigenvalue weighted by Gasteiger charge is 2.14. The van der Waals surface area contributed by atoms with Crippen molar-refractivity contribution in [2.45, 2.75) is 11.3 Å². The Balaban J connectivity index is 1.50. The lowest BCUT2D eigenvalue weighted by Gasteiger charge is -2.08. The van der Waals surface area contributed by atoms with Gasteiger partial charge in [0.15, 0.2) is 0 Å². The molecule has 1 heterocycles. The fraction of sp³-hybridized carbons (Fsp3) is 0.125. The van der Waals surface area contributed by atoms with Crippen LogP contribution < -0.4 is 10.0 Å². The van der Waals surface area contributed by atoms with E-state index >= 15 is 0 Å². The number of anilines is 1. The maximum absolute atomic E-state index is 12.1. The molecule has 0 saturated heterocycles. The Bertz CT molecular complexity index is 1010. The van der Waals surface area contributed by atoms with E-state index in [1.165, 1.54) is 35.3 Å². The Hall–Kier alpha value is -2.82. The molecule has 0 unspecified atom stereocenters. The van der Waals surface area contributed by atoms with Gasteiger partial charge in [0.25, 0.3) is 0 Å². The van der Waals surface area contributed by atoms with E-state index in [9.17, 15) is 13.2 Å². The minimum absolute atomic E-state index is 0.0123. The van der Waals surface area contributed by atoms with Gasteiger partial charge >= 0.3 is 0 Å². The van der Waals surface area contributed by atoms with Crippen molar-refractivity contribution in [2.75, 3.05) is 11.9 Å². The number of hydrogen-bond donors (Lipinski definition) is 2. The molecule has 0 atom stereocenters. The highest BCUT2D eigenvalue weighted by atomic mass is 35.5. The molecule has 0 aliphatic carbocycles. The maximum Gasteiger partial charge on any atom is 0.240 e. The number of nitrogens with zero attached hydrogens (tertiary/aromatic N) is 4. The van der Waals surface area contributed by atoms with Crippen molar-refractivity contribution in [1.82, 2.24) is 24.9 Å². The number of benzene rings is 2. The van der Waals surface area contributed by atoms with E-state index < -0.39 is 10.0 Å². The molecule has 0 fully saturated rings. The van der Waals surface area contributed by atoms with Crippen LogP contribution in [0.1, 0.15) is 6.42 Å². The Morgan fingerprint density at radius 3 is 2.41 bits per heavy atom. The third-order valence-electron chi connectivity index (χ3n) is 3.53. The van der Waals surface area contributed by atoms with Gasteiger partial charge in [0.2, 0.25) is 15.9 Å². The van der Waals surface area contributed by atoms with Crippen molar-refractivity contribution in [3.8, 4) is 5.69 Å². The molecule has 2 aromatic carbocycles. The van der Waals surface area contributed by atoms with Gasteiger partial charge in [0.05, 0.1) is 10.6 Å². The Kier molecular flexibility index (Phi) is 5.79. The van der Waals surface area contributed by atoms with Crippen LogP contribution in [-0.2, 0) is 14.8 Å². The Morgan fingerprint density at radius 2 is 1.78 bits per heavy atom. The second kappa shape index (κ2) is 8.25. The average Bonchev–Trinajstić information content (AvgIpc) is 3.17. The monoisotopic (exact) mass is 406 g/mol. The molecule has 0 spiro atoms. The highest BCUT2D eigenvalue weighted by molar-refractivity contribution is 7.89. The number of carbonyl (C=O) groups excluding carboxylic acids is 1. The molecule has 0 saturated carbocycles. The molecule has 11 heteroatoms. The van der Waals surface area contributed by atoms with Gasteiger partial charge in [-0.15, -0.1) is 5.10 Å². The number of halogens is 1. The molecule has 1 aromatic heterocycles. The van der Waals surface area contributed by atoms with Gasteiger partial charge in [-0.2, -0.15) is 0 Å². The predicted molar refractivity (Wildman–Crippen MR) is 99.0 cm³/mol. The summed E-state index contributed by atoms with van der Waals surface area (Å²) >= 11 is 5.74. The molecule has 0 radical (unpaired) electrons. The van der Waals surface area contributed by atoms with Crippen LogP contribution in [0.5, 0.6) is 0 Å². The molecule has 3 aromatic rings. The first-order valence-electron chi connectivity index (χ1n) is 7.82. The number of sulfonamides is 1. The van der Waals surface area contributed by atoms with Gasteiger partial charge in [-0.1, -0.05) is 11.6 Å². The smallest absolute Gasteiger partial charge is 0.240 e. The normalized spacial score (nSPS) is 11.3. The standard InChI is InChI=1S/C16H15ClN6O3S/c17-12-1-7-15(8-2-12)27(25,26)19-10-9-16(24)20-13-3-5-14(6-4-13)23-11-18-21-22-23/h1-8,11,19H,9-10H2,(H,20,24). The van der Waals surface area contributed by atoms with Crippen LogP contribution in [0.15, 0.2) is 59.8 Å². The zero-order valence-corrected chi connectivity index (χ0v) is 15.5. The van der Waals surface area contributed by atoms with Crippen molar-refractivity contribution in [3.63, 3.8) is 0 Å².